The van der Waals surface area contributed by atoms with E-state index in [9.17, 15) is 4.79 Å². The van der Waals surface area contributed by atoms with Gasteiger partial charge in [-0.25, -0.2) is 0 Å². The summed E-state index contributed by atoms with van der Waals surface area (Å²) >= 11 is 0. The molecule has 0 saturated heterocycles. The number of hydrogen-bond donors (Lipinski definition) is 1. The van der Waals surface area contributed by atoms with Crippen molar-refractivity contribution in [2.24, 2.45) is 5.92 Å². The number of carbonyl (C=O) groups is 1. The molecule has 25 heavy (non-hydrogen) atoms. The zero-order valence-corrected chi connectivity index (χ0v) is 14.4. The van der Waals surface area contributed by atoms with Crippen molar-refractivity contribution < 1.29 is 13.7 Å². The topological polar surface area (TPSA) is 81.2 Å². The number of carbonyl (C=O) groups excluding carboxylic acids is 1. The molecule has 3 rings (SSSR count). The Bertz CT molecular complexity index is 820. The number of aromatic nitrogens is 2. The van der Waals surface area contributed by atoms with E-state index in [1.165, 1.54) is 0 Å². The SMILES string of the molecule is CCC(CC)C(=O)Nc1ccccc1Cc1nc(-c2ccco2)no1. The first-order valence-corrected chi connectivity index (χ1v) is 8.46. The standard InChI is InChI=1S/C19H21N3O3/c1-3-13(4-2)19(23)20-15-9-6-5-8-14(15)12-17-21-18(22-25-17)16-10-7-11-24-16/h5-11,13H,3-4,12H2,1-2H3,(H,20,23). The summed E-state index contributed by atoms with van der Waals surface area (Å²) in [6.45, 7) is 4.04. The van der Waals surface area contributed by atoms with E-state index in [1.807, 2.05) is 38.1 Å². The van der Waals surface area contributed by atoms with Gasteiger partial charge in [0.05, 0.1) is 12.7 Å². The molecular formula is C19H21N3O3. The van der Waals surface area contributed by atoms with E-state index in [-0.39, 0.29) is 11.8 Å². The maximum absolute atomic E-state index is 12.4. The van der Waals surface area contributed by atoms with Crippen LogP contribution in [-0.4, -0.2) is 16.0 Å². The van der Waals surface area contributed by atoms with Crippen LogP contribution in [0.4, 0.5) is 5.69 Å². The van der Waals surface area contributed by atoms with Crippen LogP contribution in [0.15, 0.2) is 51.6 Å². The van der Waals surface area contributed by atoms with Gasteiger partial charge in [-0.15, -0.1) is 0 Å². The van der Waals surface area contributed by atoms with Crippen LogP contribution in [0.25, 0.3) is 11.6 Å². The maximum atomic E-state index is 12.4. The Hall–Kier alpha value is -2.89. The van der Waals surface area contributed by atoms with E-state index < -0.39 is 0 Å². The fourth-order valence-electron chi connectivity index (χ4n) is 2.69. The van der Waals surface area contributed by atoms with Crippen LogP contribution in [-0.2, 0) is 11.2 Å². The molecule has 0 unspecified atom stereocenters. The zero-order valence-electron chi connectivity index (χ0n) is 14.4. The lowest BCUT2D eigenvalue weighted by Crippen LogP contribution is -2.22. The smallest absolute Gasteiger partial charge is 0.238 e. The minimum Gasteiger partial charge on any atom is -0.461 e. The Balaban J connectivity index is 1.76. The molecule has 0 bridgehead atoms. The molecule has 3 aromatic rings. The lowest BCUT2D eigenvalue weighted by atomic mass is 10.0. The predicted molar refractivity (Wildman–Crippen MR) is 93.9 cm³/mol. The lowest BCUT2D eigenvalue weighted by molar-refractivity contribution is -0.120. The fraction of sp³-hybridized carbons (Fsp3) is 0.316. The second-order valence-corrected chi connectivity index (χ2v) is 5.83. The van der Waals surface area contributed by atoms with Crippen molar-refractivity contribution >= 4 is 11.6 Å². The van der Waals surface area contributed by atoms with Crippen LogP contribution in [0.5, 0.6) is 0 Å². The molecule has 1 amide bonds. The number of anilines is 1. The Kier molecular flexibility index (Phi) is 5.28. The number of benzene rings is 1. The molecular weight excluding hydrogens is 318 g/mol. The molecule has 6 nitrogen and oxygen atoms in total. The minimum absolute atomic E-state index is 0.0158. The molecule has 0 spiro atoms. The first kappa shape index (κ1) is 17.0. The molecule has 2 aromatic heterocycles. The normalized spacial score (nSPS) is 11.0. The molecule has 0 aliphatic carbocycles. The van der Waals surface area contributed by atoms with Gasteiger partial charge in [0.2, 0.25) is 17.6 Å². The van der Waals surface area contributed by atoms with Crippen LogP contribution in [0.1, 0.15) is 38.1 Å². The van der Waals surface area contributed by atoms with Crippen LogP contribution >= 0.6 is 0 Å². The van der Waals surface area contributed by atoms with Gasteiger partial charge in [0.1, 0.15) is 0 Å². The van der Waals surface area contributed by atoms with Crippen molar-refractivity contribution in [3.05, 3.63) is 54.1 Å². The van der Waals surface area contributed by atoms with Gasteiger partial charge in [-0.2, -0.15) is 4.98 Å². The quantitative estimate of drug-likeness (QED) is 0.694. The maximum Gasteiger partial charge on any atom is 0.238 e. The van der Waals surface area contributed by atoms with E-state index in [0.29, 0.717) is 23.9 Å². The summed E-state index contributed by atoms with van der Waals surface area (Å²) in [5, 5.41) is 6.95. The second kappa shape index (κ2) is 7.79. The molecule has 0 radical (unpaired) electrons. The molecule has 1 aromatic carbocycles. The van der Waals surface area contributed by atoms with E-state index in [0.717, 1.165) is 24.1 Å². The fourth-order valence-corrected chi connectivity index (χ4v) is 2.69. The summed E-state index contributed by atoms with van der Waals surface area (Å²) in [5.74, 6) is 1.50. The van der Waals surface area contributed by atoms with E-state index in [1.54, 1.807) is 18.4 Å². The highest BCUT2D eigenvalue weighted by molar-refractivity contribution is 5.93. The number of amides is 1. The van der Waals surface area contributed by atoms with Gasteiger partial charge in [-0.05, 0) is 36.6 Å². The van der Waals surface area contributed by atoms with Crippen LogP contribution < -0.4 is 5.32 Å². The van der Waals surface area contributed by atoms with E-state index >= 15 is 0 Å². The molecule has 0 aliphatic heterocycles. The van der Waals surface area contributed by atoms with Gasteiger partial charge in [0.25, 0.3) is 0 Å². The first-order chi connectivity index (χ1) is 12.2. The number of para-hydroxylation sites is 1. The second-order valence-electron chi connectivity index (χ2n) is 5.83. The summed E-state index contributed by atoms with van der Waals surface area (Å²) in [6.07, 6.45) is 3.64. The van der Waals surface area contributed by atoms with Crippen molar-refractivity contribution in [3.8, 4) is 11.6 Å². The van der Waals surface area contributed by atoms with Gasteiger partial charge < -0.3 is 14.3 Å². The molecule has 130 valence electrons. The van der Waals surface area contributed by atoms with Crippen molar-refractivity contribution in [2.45, 2.75) is 33.1 Å². The lowest BCUT2D eigenvalue weighted by Gasteiger charge is -2.15. The Morgan fingerprint density at radius 3 is 2.68 bits per heavy atom. The summed E-state index contributed by atoms with van der Waals surface area (Å²) in [6, 6.07) is 11.2. The Morgan fingerprint density at radius 2 is 1.96 bits per heavy atom. The summed E-state index contributed by atoms with van der Waals surface area (Å²) < 4.78 is 10.6. The third kappa shape index (κ3) is 3.96. The molecule has 6 heteroatoms. The zero-order chi connectivity index (χ0) is 17.6. The van der Waals surface area contributed by atoms with Crippen molar-refractivity contribution in [1.29, 1.82) is 0 Å². The Morgan fingerprint density at radius 1 is 1.16 bits per heavy atom. The van der Waals surface area contributed by atoms with E-state index in [4.69, 9.17) is 8.94 Å². The molecule has 0 saturated carbocycles. The summed E-state index contributed by atoms with van der Waals surface area (Å²) in [4.78, 5) is 16.7. The highest BCUT2D eigenvalue weighted by atomic mass is 16.5. The molecule has 2 heterocycles. The predicted octanol–water partition coefficient (Wildman–Crippen LogP) is 4.30. The van der Waals surface area contributed by atoms with Gasteiger partial charge in [0, 0.05) is 11.6 Å². The van der Waals surface area contributed by atoms with Crippen LogP contribution in [0.3, 0.4) is 0 Å². The summed E-state index contributed by atoms with van der Waals surface area (Å²) in [7, 11) is 0. The van der Waals surface area contributed by atoms with Gasteiger partial charge in [-0.1, -0.05) is 37.2 Å². The molecule has 0 aliphatic rings. The third-order valence-electron chi connectivity index (χ3n) is 4.18. The highest BCUT2D eigenvalue weighted by Gasteiger charge is 2.17. The number of furan rings is 1. The van der Waals surface area contributed by atoms with Gasteiger partial charge >= 0.3 is 0 Å². The van der Waals surface area contributed by atoms with Crippen LogP contribution in [0, 0.1) is 5.92 Å². The van der Waals surface area contributed by atoms with Gasteiger partial charge in [-0.3, -0.25) is 4.79 Å². The Labute approximate surface area is 146 Å². The van der Waals surface area contributed by atoms with Crippen molar-refractivity contribution in [1.82, 2.24) is 10.1 Å². The third-order valence-corrected chi connectivity index (χ3v) is 4.18. The number of nitrogens with one attached hydrogen (secondary N) is 1. The van der Waals surface area contributed by atoms with Gasteiger partial charge in [0.15, 0.2) is 5.76 Å². The van der Waals surface area contributed by atoms with Crippen molar-refractivity contribution in [2.75, 3.05) is 5.32 Å². The molecule has 1 N–H and O–H groups in total. The monoisotopic (exact) mass is 339 g/mol. The number of hydrogen-bond acceptors (Lipinski definition) is 5. The average Bonchev–Trinajstić information content (AvgIpc) is 3.29. The number of nitrogens with zero attached hydrogens (tertiary/aromatic N) is 2. The van der Waals surface area contributed by atoms with E-state index in [2.05, 4.69) is 15.5 Å². The highest BCUT2D eigenvalue weighted by Crippen LogP contribution is 2.22. The van der Waals surface area contributed by atoms with Crippen molar-refractivity contribution in [3.63, 3.8) is 0 Å². The first-order valence-electron chi connectivity index (χ1n) is 8.46. The van der Waals surface area contributed by atoms with Crippen LogP contribution in [0.2, 0.25) is 0 Å². The molecule has 0 atom stereocenters. The minimum atomic E-state index is 0.0158. The largest absolute Gasteiger partial charge is 0.461 e. The molecule has 0 fully saturated rings. The summed E-state index contributed by atoms with van der Waals surface area (Å²) in [5.41, 5.74) is 1.70. The average molecular weight is 339 g/mol. The number of rotatable bonds is 7.